The number of hydrogen-bond donors (Lipinski definition) is 1. The van der Waals surface area contributed by atoms with Crippen LogP contribution in [0.3, 0.4) is 0 Å². The molecule has 1 amide bonds. The van der Waals surface area contributed by atoms with E-state index in [-0.39, 0.29) is 5.91 Å². The van der Waals surface area contributed by atoms with E-state index in [2.05, 4.69) is 25.2 Å². The highest BCUT2D eigenvalue weighted by atomic mass is 16.2. The molecular weight excluding hydrogens is 316 g/mol. The molecule has 0 atom stereocenters. The number of benzene rings is 1. The zero-order chi connectivity index (χ0) is 17.2. The van der Waals surface area contributed by atoms with Crippen molar-refractivity contribution >= 4 is 11.6 Å². The number of anilines is 1. The second-order valence-corrected chi connectivity index (χ2v) is 6.11. The number of rotatable bonds is 4. The van der Waals surface area contributed by atoms with Crippen molar-refractivity contribution in [2.45, 2.75) is 39.3 Å². The maximum atomic E-state index is 12.4. The van der Waals surface area contributed by atoms with Gasteiger partial charge in [-0.3, -0.25) is 9.48 Å². The molecule has 1 N–H and O–H groups in total. The molecule has 2 aromatic heterocycles. The van der Waals surface area contributed by atoms with E-state index in [0.29, 0.717) is 12.2 Å². The molecule has 3 aromatic rings. The topological polar surface area (TPSA) is 77.6 Å². The third-order valence-corrected chi connectivity index (χ3v) is 4.51. The van der Waals surface area contributed by atoms with Gasteiger partial charge in [-0.2, -0.15) is 5.10 Å². The monoisotopic (exact) mass is 336 g/mol. The zero-order valence-corrected chi connectivity index (χ0v) is 14.1. The fourth-order valence-corrected chi connectivity index (χ4v) is 3.20. The number of nitrogens with zero attached hydrogens (tertiary/aromatic N) is 5. The summed E-state index contributed by atoms with van der Waals surface area (Å²) in [5.74, 6) is 1.80. The molecule has 3 heterocycles. The van der Waals surface area contributed by atoms with Crippen LogP contribution in [-0.2, 0) is 19.5 Å². The van der Waals surface area contributed by atoms with Gasteiger partial charge in [0.05, 0.1) is 0 Å². The van der Waals surface area contributed by atoms with E-state index in [1.165, 1.54) is 6.42 Å². The first kappa shape index (κ1) is 15.6. The lowest BCUT2D eigenvalue weighted by Crippen LogP contribution is -2.17. The molecule has 0 radical (unpaired) electrons. The third-order valence-electron chi connectivity index (χ3n) is 4.51. The number of amides is 1. The van der Waals surface area contributed by atoms with Crippen LogP contribution < -0.4 is 5.32 Å². The standard InChI is InChI=1S/C18H20N6O/c1-2-24-15(10-11-19-24)18(25)20-14-8-6-13(7-9-14)17-22-21-16-5-3-4-12-23(16)17/h6-11H,2-5,12H2,1H3,(H,20,25). The van der Waals surface area contributed by atoms with E-state index < -0.39 is 0 Å². The summed E-state index contributed by atoms with van der Waals surface area (Å²) < 4.78 is 3.86. The lowest BCUT2D eigenvalue weighted by molar-refractivity contribution is 0.101. The largest absolute Gasteiger partial charge is 0.321 e. The minimum Gasteiger partial charge on any atom is -0.321 e. The molecule has 4 rings (SSSR count). The maximum absolute atomic E-state index is 12.4. The quantitative estimate of drug-likeness (QED) is 0.795. The van der Waals surface area contributed by atoms with Gasteiger partial charge in [0, 0.05) is 37.0 Å². The first-order chi connectivity index (χ1) is 12.3. The van der Waals surface area contributed by atoms with Crippen molar-refractivity contribution < 1.29 is 4.79 Å². The molecule has 0 spiro atoms. The summed E-state index contributed by atoms with van der Waals surface area (Å²) in [6, 6.07) is 9.45. The highest BCUT2D eigenvalue weighted by Gasteiger charge is 2.17. The summed E-state index contributed by atoms with van der Waals surface area (Å²) in [6.45, 7) is 3.58. The van der Waals surface area contributed by atoms with Gasteiger partial charge in [-0.15, -0.1) is 10.2 Å². The molecule has 0 unspecified atom stereocenters. The van der Waals surface area contributed by atoms with Crippen LogP contribution in [0.2, 0.25) is 0 Å². The van der Waals surface area contributed by atoms with Gasteiger partial charge >= 0.3 is 0 Å². The number of carbonyl (C=O) groups excluding carboxylic acids is 1. The lowest BCUT2D eigenvalue weighted by atomic mass is 10.1. The molecular formula is C18H20N6O. The number of aromatic nitrogens is 5. The number of hydrogen-bond acceptors (Lipinski definition) is 4. The van der Waals surface area contributed by atoms with E-state index in [1.54, 1.807) is 16.9 Å². The van der Waals surface area contributed by atoms with Crippen molar-refractivity contribution in [3.63, 3.8) is 0 Å². The van der Waals surface area contributed by atoms with Crippen molar-refractivity contribution in [1.82, 2.24) is 24.5 Å². The first-order valence-corrected chi connectivity index (χ1v) is 8.62. The summed E-state index contributed by atoms with van der Waals surface area (Å²) in [5, 5.41) is 15.7. The summed E-state index contributed by atoms with van der Waals surface area (Å²) in [7, 11) is 0. The summed E-state index contributed by atoms with van der Waals surface area (Å²) in [4.78, 5) is 12.4. The molecule has 25 heavy (non-hydrogen) atoms. The number of fused-ring (bicyclic) bond motifs is 1. The van der Waals surface area contributed by atoms with Gasteiger partial charge in [-0.1, -0.05) is 0 Å². The maximum Gasteiger partial charge on any atom is 0.273 e. The van der Waals surface area contributed by atoms with Gasteiger partial charge in [-0.25, -0.2) is 0 Å². The highest BCUT2D eigenvalue weighted by Crippen LogP contribution is 2.24. The Kier molecular flexibility index (Phi) is 4.05. The molecule has 1 aromatic carbocycles. The first-order valence-electron chi connectivity index (χ1n) is 8.62. The minimum absolute atomic E-state index is 0.160. The van der Waals surface area contributed by atoms with Gasteiger partial charge in [0.25, 0.3) is 5.91 Å². The summed E-state index contributed by atoms with van der Waals surface area (Å²) in [6.07, 6.45) is 4.97. The van der Waals surface area contributed by atoms with Crippen LogP contribution in [0.1, 0.15) is 36.1 Å². The molecule has 128 valence electrons. The third kappa shape index (κ3) is 2.93. The second kappa shape index (κ2) is 6.51. The van der Waals surface area contributed by atoms with Crippen molar-refractivity contribution in [1.29, 1.82) is 0 Å². The average Bonchev–Trinajstić information content (AvgIpc) is 3.29. The van der Waals surface area contributed by atoms with Gasteiger partial charge in [0.2, 0.25) is 0 Å². The fourth-order valence-electron chi connectivity index (χ4n) is 3.20. The molecule has 7 heteroatoms. The van der Waals surface area contributed by atoms with Gasteiger partial charge in [0.15, 0.2) is 5.82 Å². The summed E-state index contributed by atoms with van der Waals surface area (Å²) >= 11 is 0. The molecule has 0 saturated heterocycles. The fraction of sp³-hybridized carbons (Fsp3) is 0.333. The van der Waals surface area contributed by atoms with Crippen molar-refractivity contribution in [3.8, 4) is 11.4 Å². The Morgan fingerprint density at radius 2 is 2.00 bits per heavy atom. The molecule has 0 saturated carbocycles. The lowest BCUT2D eigenvalue weighted by Gasteiger charge is -2.14. The predicted molar refractivity (Wildman–Crippen MR) is 94.3 cm³/mol. The highest BCUT2D eigenvalue weighted by molar-refractivity contribution is 6.03. The molecule has 0 fully saturated rings. The van der Waals surface area contributed by atoms with Gasteiger partial charge in [0.1, 0.15) is 11.5 Å². The zero-order valence-electron chi connectivity index (χ0n) is 14.1. The second-order valence-electron chi connectivity index (χ2n) is 6.11. The minimum atomic E-state index is -0.160. The van der Waals surface area contributed by atoms with Gasteiger partial charge in [-0.05, 0) is 50.1 Å². The van der Waals surface area contributed by atoms with E-state index in [0.717, 1.165) is 42.3 Å². The summed E-state index contributed by atoms with van der Waals surface area (Å²) in [5.41, 5.74) is 2.31. The average molecular weight is 336 g/mol. The van der Waals surface area contributed by atoms with Crippen LogP contribution >= 0.6 is 0 Å². The van der Waals surface area contributed by atoms with Crippen LogP contribution in [0.4, 0.5) is 5.69 Å². The molecule has 0 aliphatic carbocycles. The van der Waals surface area contributed by atoms with Crippen LogP contribution in [0.25, 0.3) is 11.4 Å². The van der Waals surface area contributed by atoms with Crippen molar-refractivity contribution in [2.24, 2.45) is 0 Å². The molecule has 1 aliphatic heterocycles. The van der Waals surface area contributed by atoms with Crippen LogP contribution in [0.15, 0.2) is 36.5 Å². The van der Waals surface area contributed by atoms with E-state index >= 15 is 0 Å². The van der Waals surface area contributed by atoms with Crippen LogP contribution in [0, 0.1) is 0 Å². The normalized spacial score (nSPS) is 13.5. The molecule has 0 bridgehead atoms. The Bertz CT molecular complexity index is 893. The SMILES string of the molecule is CCn1nccc1C(=O)Nc1ccc(-c2nnc3n2CCCC3)cc1. The predicted octanol–water partition coefficient (Wildman–Crippen LogP) is 2.75. The van der Waals surface area contributed by atoms with E-state index in [9.17, 15) is 4.79 Å². The van der Waals surface area contributed by atoms with E-state index in [1.807, 2.05) is 31.2 Å². The van der Waals surface area contributed by atoms with Crippen molar-refractivity contribution in [2.75, 3.05) is 5.32 Å². The Morgan fingerprint density at radius 3 is 2.80 bits per heavy atom. The Balaban J connectivity index is 1.53. The van der Waals surface area contributed by atoms with Crippen LogP contribution in [0.5, 0.6) is 0 Å². The Morgan fingerprint density at radius 1 is 1.16 bits per heavy atom. The van der Waals surface area contributed by atoms with Crippen molar-refractivity contribution in [3.05, 3.63) is 48.0 Å². The van der Waals surface area contributed by atoms with E-state index in [4.69, 9.17) is 0 Å². The van der Waals surface area contributed by atoms with Gasteiger partial charge < -0.3 is 9.88 Å². The number of nitrogens with one attached hydrogen (secondary N) is 1. The smallest absolute Gasteiger partial charge is 0.273 e. The number of carbonyl (C=O) groups is 1. The molecule has 7 nitrogen and oxygen atoms in total. The Labute approximate surface area is 145 Å². The number of aryl methyl sites for hydroxylation is 2. The van der Waals surface area contributed by atoms with Crippen LogP contribution in [-0.4, -0.2) is 30.5 Å². The Hall–Kier alpha value is -2.96. The molecule has 1 aliphatic rings.